The summed E-state index contributed by atoms with van der Waals surface area (Å²) >= 11 is 0. The number of benzene rings is 1. The minimum Gasteiger partial charge on any atom is -0.473 e. The van der Waals surface area contributed by atoms with Gasteiger partial charge in [0.1, 0.15) is 12.7 Å². The molecule has 1 atom stereocenters. The minimum absolute atomic E-state index is 0.0544. The molecule has 152 valence electrons. The summed E-state index contributed by atoms with van der Waals surface area (Å²) in [7, 11) is 0. The van der Waals surface area contributed by atoms with E-state index in [0.717, 1.165) is 23.1 Å². The number of carbonyl (C=O) groups excluding carboxylic acids is 2. The normalized spacial score (nSPS) is 14.6. The van der Waals surface area contributed by atoms with Gasteiger partial charge in [-0.1, -0.05) is 0 Å². The van der Waals surface area contributed by atoms with Crippen LogP contribution in [-0.4, -0.2) is 34.4 Å². The molecule has 0 spiro atoms. The second kappa shape index (κ2) is 7.37. The number of nitrogens with one attached hydrogen (secondary N) is 1. The van der Waals surface area contributed by atoms with E-state index in [1.165, 1.54) is 25.3 Å². The maximum absolute atomic E-state index is 12.9. The third-order valence-corrected chi connectivity index (χ3v) is 4.03. The van der Waals surface area contributed by atoms with E-state index in [-0.39, 0.29) is 17.1 Å². The zero-order chi connectivity index (χ0) is 21.3. The lowest BCUT2D eigenvalue weighted by Crippen LogP contribution is -2.47. The molecule has 1 N–H and O–H groups in total. The predicted octanol–water partition coefficient (Wildman–Crippen LogP) is 2.76. The van der Waals surface area contributed by atoms with Crippen LogP contribution in [0.5, 0.6) is 5.75 Å². The fourth-order valence-corrected chi connectivity index (χ4v) is 2.73. The van der Waals surface area contributed by atoms with Crippen LogP contribution in [0, 0.1) is 10.1 Å². The van der Waals surface area contributed by atoms with Crippen LogP contribution in [0.4, 0.5) is 30.4 Å². The van der Waals surface area contributed by atoms with Crippen LogP contribution in [0.25, 0.3) is 0 Å². The van der Waals surface area contributed by atoms with E-state index < -0.39 is 46.9 Å². The highest BCUT2D eigenvalue weighted by atomic mass is 19.4. The lowest BCUT2D eigenvalue weighted by Gasteiger charge is -2.31. The number of carbonyl (C=O) groups is 2. The van der Waals surface area contributed by atoms with E-state index in [2.05, 4.69) is 10.3 Å². The number of hydrogen-bond donors (Lipinski definition) is 1. The average molecular weight is 410 g/mol. The summed E-state index contributed by atoms with van der Waals surface area (Å²) in [6.07, 6.45) is -4.72. The number of nitro groups is 1. The summed E-state index contributed by atoms with van der Waals surface area (Å²) < 4.78 is 44.1. The van der Waals surface area contributed by atoms with Crippen molar-refractivity contribution in [3.8, 4) is 5.75 Å². The van der Waals surface area contributed by atoms with Gasteiger partial charge in [-0.2, -0.15) is 13.2 Å². The Bertz CT molecular complexity index is 995. The summed E-state index contributed by atoms with van der Waals surface area (Å²) in [5.41, 5.74) is -1.11. The molecule has 0 saturated carbocycles. The number of halogens is 3. The minimum atomic E-state index is -4.62. The summed E-state index contributed by atoms with van der Waals surface area (Å²) in [6.45, 7) is 0.857. The first-order chi connectivity index (χ1) is 13.6. The molecule has 0 bridgehead atoms. The van der Waals surface area contributed by atoms with Crippen molar-refractivity contribution in [2.75, 3.05) is 16.8 Å². The molecule has 2 amide bonds. The van der Waals surface area contributed by atoms with Gasteiger partial charge in [0.25, 0.3) is 5.91 Å². The van der Waals surface area contributed by atoms with Gasteiger partial charge in [-0.05, 0) is 47.2 Å². The lowest BCUT2D eigenvalue weighted by atomic mass is 10.1. The standard InChI is InChI=1S/C17H13F3N4O5/c1-9(29-13-3-2-6-21-15(13)24(27)28)16(26)23-8-14(25)22-11-7-10(17(18,19)20)4-5-12(11)23/h2-7,9H,8H2,1H3,(H,22,25). The first-order valence-corrected chi connectivity index (χ1v) is 8.16. The summed E-state index contributed by atoms with van der Waals surface area (Å²) in [5.74, 6) is -2.31. The van der Waals surface area contributed by atoms with Gasteiger partial charge in [0.2, 0.25) is 11.7 Å². The van der Waals surface area contributed by atoms with E-state index >= 15 is 0 Å². The van der Waals surface area contributed by atoms with E-state index in [1.54, 1.807) is 0 Å². The molecule has 12 heteroatoms. The number of rotatable bonds is 4. The highest BCUT2D eigenvalue weighted by molar-refractivity contribution is 6.11. The van der Waals surface area contributed by atoms with Gasteiger partial charge in [0.05, 0.1) is 16.9 Å². The van der Waals surface area contributed by atoms with Gasteiger partial charge in [0.15, 0.2) is 6.10 Å². The first kappa shape index (κ1) is 20.0. The van der Waals surface area contributed by atoms with E-state index in [4.69, 9.17) is 4.74 Å². The van der Waals surface area contributed by atoms with Gasteiger partial charge < -0.3 is 20.2 Å². The van der Waals surface area contributed by atoms with Crippen molar-refractivity contribution >= 4 is 29.0 Å². The largest absolute Gasteiger partial charge is 0.473 e. The molecule has 1 aliphatic heterocycles. The number of ether oxygens (including phenoxy) is 1. The van der Waals surface area contributed by atoms with Crippen molar-refractivity contribution in [1.29, 1.82) is 0 Å². The van der Waals surface area contributed by atoms with Crippen molar-refractivity contribution in [2.45, 2.75) is 19.2 Å². The smallest absolute Gasteiger partial charge is 0.416 e. The molecule has 0 aliphatic carbocycles. The van der Waals surface area contributed by atoms with E-state index in [9.17, 15) is 32.9 Å². The van der Waals surface area contributed by atoms with Crippen LogP contribution in [-0.2, 0) is 15.8 Å². The Labute approximate surface area is 161 Å². The monoisotopic (exact) mass is 410 g/mol. The average Bonchev–Trinajstić information content (AvgIpc) is 2.65. The van der Waals surface area contributed by atoms with Gasteiger partial charge in [-0.25, -0.2) is 0 Å². The molecular formula is C17H13F3N4O5. The third-order valence-electron chi connectivity index (χ3n) is 4.03. The van der Waals surface area contributed by atoms with Crippen LogP contribution in [0.1, 0.15) is 12.5 Å². The SMILES string of the molecule is CC(Oc1cccnc1[N+](=O)[O-])C(=O)N1CC(=O)Nc2cc(C(F)(F)F)ccc21. The molecule has 0 fully saturated rings. The lowest BCUT2D eigenvalue weighted by molar-refractivity contribution is -0.390. The highest BCUT2D eigenvalue weighted by Crippen LogP contribution is 2.37. The number of anilines is 2. The van der Waals surface area contributed by atoms with Crippen molar-refractivity contribution in [1.82, 2.24) is 4.98 Å². The zero-order valence-corrected chi connectivity index (χ0v) is 14.8. The quantitative estimate of drug-likeness (QED) is 0.612. The molecule has 1 aromatic carbocycles. The maximum atomic E-state index is 12.9. The Balaban J connectivity index is 1.88. The molecule has 0 radical (unpaired) electrons. The van der Waals surface area contributed by atoms with E-state index in [1.807, 2.05) is 0 Å². The summed E-state index contributed by atoms with van der Waals surface area (Å²) in [6, 6.07) is 5.20. The van der Waals surface area contributed by atoms with Gasteiger partial charge in [-0.3, -0.25) is 14.5 Å². The third kappa shape index (κ3) is 4.10. The molecule has 29 heavy (non-hydrogen) atoms. The van der Waals surface area contributed by atoms with Gasteiger partial charge in [-0.15, -0.1) is 0 Å². The molecule has 0 saturated heterocycles. The second-order valence-corrected chi connectivity index (χ2v) is 6.04. The molecule has 1 aliphatic rings. The number of nitrogens with zero attached hydrogens (tertiary/aromatic N) is 3. The maximum Gasteiger partial charge on any atom is 0.416 e. The molecule has 9 nitrogen and oxygen atoms in total. The topological polar surface area (TPSA) is 115 Å². The Hall–Kier alpha value is -3.70. The summed E-state index contributed by atoms with van der Waals surface area (Å²) in [4.78, 5) is 39.4. The first-order valence-electron chi connectivity index (χ1n) is 8.16. The molecule has 1 aromatic heterocycles. The van der Waals surface area contributed by atoms with Gasteiger partial charge >= 0.3 is 12.0 Å². The molecule has 2 aromatic rings. The Morgan fingerprint density at radius 1 is 1.38 bits per heavy atom. The Morgan fingerprint density at radius 3 is 2.76 bits per heavy atom. The molecule has 3 rings (SSSR count). The van der Waals surface area contributed by atoms with Crippen molar-refractivity contribution in [3.63, 3.8) is 0 Å². The van der Waals surface area contributed by atoms with Crippen LogP contribution < -0.4 is 15.0 Å². The second-order valence-electron chi connectivity index (χ2n) is 6.04. The fourth-order valence-electron chi connectivity index (χ4n) is 2.73. The Kier molecular flexibility index (Phi) is 5.10. The summed E-state index contributed by atoms with van der Waals surface area (Å²) in [5, 5.41) is 13.3. The predicted molar refractivity (Wildman–Crippen MR) is 93.4 cm³/mol. The number of pyridine rings is 1. The zero-order valence-electron chi connectivity index (χ0n) is 14.8. The van der Waals surface area contributed by atoms with Crippen molar-refractivity contribution in [3.05, 3.63) is 52.2 Å². The number of fused-ring (bicyclic) bond motifs is 1. The number of amides is 2. The van der Waals surface area contributed by atoms with Crippen LogP contribution in [0.15, 0.2) is 36.5 Å². The van der Waals surface area contributed by atoms with Gasteiger partial charge in [0, 0.05) is 0 Å². The number of aromatic nitrogens is 1. The molecular weight excluding hydrogens is 397 g/mol. The fraction of sp³-hybridized carbons (Fsp3) is 0.235. The Morgan fingerprint density at radius 2 is 2.10 bits per heavy atom. The van der Waals surface area contributed by atoms with Crippen LogP contribution in [0.2, 0.25) is 0 Å². The molecule has 2 heterocycles. The van der Waals surface area contributed by atoms with Crippen LogP contribution >= 0.6 is 0 Å². The number of hydrogen-bond acceptors (Lipinski definition) is 6. The molecule has 1 unspecified atom stereocenters. The number of alkyl halides is 3. The van der Waals surface area contributed by atoms with Crippen LogP contribution in [0.3, 0.4) is 0 Å². The highest BCUT2D eigenvalue weighted by Gasteiger charge is 2.35. The van der Waals surface area contributed by atoms with Crippen molar-refractivity contribution < 1.29 is 32.4 Å². The van der Waals surface area contributed by atoms with Crippen molar-refractivity contribution in [2.24, 2.45) is 0 Å². The van der Waals surface area contributed by atoms with E-state index in [0.29, 0.717) is 0 Å².